The summed E-state index contributed by atoms with van der Waals surface area (Å²) in [5.74, 6) is -0.912. The zero-order chi connectivity index (χ0) is 14.7. The summed E-state index contributed by atoms with van der Waals surface area (Å²) in [4.78, 5) is 25.0. The van der Waals surface area contributed by atoms with Gasteiger partial charge in [-0.25, -0.2) is 9.78 Å². The molecule has 2 aromatic rings. The van der Waals surface area contributed by atoms with Gasteiger partial charge in [0.1, 0.15) is 5.75 Å². The Morgan fingerprint density at radius 3 is 2.45 bits per heavy atom. The molecule has 0 saturated carbocycles. The van der Waals surface area contributed by atoms with E-state index in [1.165, 1.54) is 36.4 Å². The minimum Gasteiger partial charge on any atom is -0.478 e. The molecule has 0 aliphatic heterocycles. The lowest BCUT2D eigenvalue weighted by molar-refractivity contribution is -0.386. The van der Waals surface area contributed by atoms with Crippen molar-refractivity contribution in [3.8, 4) is 11.6 Å². The molecular weight excluding hydrogens is 264 g/mol. The second-order valence-electron chi connectivity index (χ2n) is 3.97. The minimum absolute atomic E-state index is 0.101. The molecule has 0 aliphatic carbocycles. The summed E-state index contributed by atoms with van der Waals surface area (Å²) in [6.07, 6.45) is 0. The van der Waals surface area contributed by atoms with Crippen LogP contribution in [0.25, 0.3) is 0 Å². The Bertz CT molecular complexity index is 667. The van der Waals surface area contributed by atoms with E-state index in [1.807, 2.05) is 0 Å². The van der Waals surface area contributed by atoms with Crippen LogP contribution < -0.4 is 4.74 Å². The SMILES string of the molecule is Cc1ccc([N+](=O)[O-])c(Oc2ccc(C(=O)O)cc2)n1. The van der Waals surface area contributed by atoms with Gasteiger partial charge in [-0.3, -0.25) is 10.1 Å². The maximum absolute atomic E-state index is 10.9. The summed E-state index contributed by atoms with van der Waals surface area (Å²) in [6.45, 7) is 1.68. The van der Waals surface area contributed by atoms with E-state index in [1.54, 1.807) is 6.92 Å². The van der Waals surface area contributed by atoms with Gasteiger partial charge in [0, 0.05) is 11.8 Å². The van der Waals surface area contributed by atoms with E-state index in [0.29, 0.717) is 5.69 Å². The molecule has 0 saturated heterocycles. The number of aromatic carboxylic acids is 1. The van der Waals surface area contributed by atoms with Crippen molar-refractivity contribution in [2.45, 2.75) is 6.92 Å². The van der Waals surface area contributed by atoms with Crippen molar-refractivity contribution in [1.82, 2.24) is 4.98 Å². The number of nitro groups is 1. The molecule has 7 nitrogen and oxygen atoms in total. The fourth-order valence-electron chi connectivity index (χ4n) is 1.52. The number of hydrogen-bond acceptors (Lipinski definition) is 5. The van der Waals surface area contributed by atoms with Crippen molar-refractivity contribution in [3.63, 3.8) is 0 Å². The first-order chi connectivity index (χ1) is 9.47. The van der Waals surface area contributed by atoms with Crippen LogP contribution in [-0.2, 0) is 0 Å². The van der Waals surface area contributed by atoms with Crippen LogP contribution >= 0.6 is 0 Å². The summed E-state index contributed by atoms with van der Waals surface area (Å²) < 4.78 is 5.34. The van der Waals surface area contributed by atoms with E-state index < -0.39 is 10.9 Å². The molecule has 0 atom stereocenters. The number of hydrogen-bond donors (Lipinski definition) is 1. The fourth-order valence-corrected chi connectivity index (χ4v) is 1.52. The summed E-state index contributed by atoms with van der Waals surface area (Å²) in [6, 6.07) is 8.34. The Balaban J connectivity index is 2.31. The number of nitrogens with zero attached hydrogens (tertiary/aromatic N) is 2. The van der Waals surface area contributed by atoms with Crippen molar-refractivity contribution in [3.05, 3.63) is 57.8 Å². The summed E-state index contributed by atoms with van der Waals surface area (Å²) in [7, 11) is 0. The largest absolute Gasteiger partial charge is 0.478 e. The summed E-state index contributed by atoms with van der Waals surface area (Å²) in [5.41, 5.74) is 0.426. The third-order valence-electron chi connectivity index (χ3n) is 2.49. The lowest BCUT2D eigenvalue weighted by atomic mass is 10.2. The highest BCUT2D eigenvalue weighted by molar-refractivity contribution is 5.87. The van der Waals surface area contributed by atoms with Crippen LogP contribution in [0.2, 0.25) is 0 Å². The molecule has 2 rings (SSSR count). The van der Waals surface area contributed by atoms with Crippen LogP contribution in [0.3, 0.4) is 0 Å². The molecule has 0 fully saturated rings. The fraction of sp³-hybridized carbons (Fsp3) is 0.0769. The van der Waals surface area contributed by atoms with Gasteiger partial charge in [-0.15, -0.1) is 0 Å². The molecule has 0 unspecified atom stereocenters. The van der Waals surface area contributed by atoms with E-state index in [-0.39, 0.29) is 22.9 Å². The van der Waals surface area contributed by atoms with Crippen LogP contribution in [-0.4, -0.2) is 21.0 Å². The lowest BCUT2D eigenvalue weighted by Crippen LogP contribution is -1.98. The third kappa shape index (κ3) is 2.89. The predicted molar refractivity (Wildman–Crippen MR) is 69.1 cm³/mol. The maximum Gasteiger partial charge on any atom is 0.335 e. The Morgan fingerprint density at radius 1 is 1.25 bits per heavy atom. The van der Waals surface area contributed by atoms with Crippen LogP contribution in [0.5, 0.6) is 11.6 Å². The van der Waals surface area contributed by atoms with Crippen molar-refractivity contribution >= 4 is 11.7 Å². The first kappa shape index (κ1) is 13.5. The maximum atomic E-state index is 10.9. The summed E-state index contributed by atoms with van der Waals surface area (Å²) in [5, 5.41) is 19.7. The highest BCUT2D eigenvalue weighted by atomic mass is 16.6. The van der Waals surface area contributed by atoms with E-state index in [0.717, 1.165) is 0 Å². The van der Waals surface area contributed by atoms with Crippen LogP contribution in [0.15, 0.2) is 36.4 Å². The molecule has 0 aliphatic rings. The van der Waals surface area contributed by atoms with Crippen LogP contribution in [0, 0.1) is 17.0 Å². The molecule has 1 heterocycles. The number of pyridine rings is 1. The van der Waals surface area contributed by atoms with Gasteiger partial charge in [0.15, 0.2) is 0 Å². The summed E-state index contributed by atoms with van der Waals surface area (Å²) >= 11 is 0. The zero-order valence-electron chi connectivity index (χ0n) is 10.4. The third-order valence-corrected chi connectivity index (χ3v) is 2.49. The van der Waals surface area contributed by atoms with E-state index in [4.69, 9.17) is 9.84 Å². The first-order valence-corrected chi connectivity index (χ1v) is 5.60. The average Bonchev–Trinajstić information content (AvgIpc) is 2.39. The number of rotatable bonds is 4. The van der Waals surface area contributed by atoms with Gasteiger partial charge in [0.25, 0.3) is 5.88 Å². The predicted octanol–water partition coefficient (Wildman–Crippen LogP) is 2.79. The van der Waals surface area contributed by atoms with E-state index in [2.05, 4.69) is 4.98 Å². The van der Waals surface area contributed by atoms with Gasteiger partial charge in [-0.2, -0.15) is 0 Å². The second-order valence-corrected chi connectivity index (χ2v) is 3.97. The molecule has 0 amide bonds. The number of carboxylic acids is 1. The highest BCUT2D eigenvalue weighted by Gasteiger charge is 2.17. The van der Waals surface area contributed by atoms with Crippen LogP contribution in [0.1, 0.15) is 16.1 Å². The molecule has 20 heavy (non-hydrogen) atoms. The lowest BCUT2D eigenvalue weighted by Gasteiger charge is -2.06. The Morgan fingerprint density at radius 2 is 1.90 bits per heavy atom. The van der Waals surface area contributed by atoms with E-state index >= 15 is 0 Å². The van der Waals surface area contributed by atoms with Crippen molar-refractivity contribution in [2.24, 2.45) is 0 Å². The van der Waals surface area contributed by atoms with Crippen molar-refractivity contribution in [1.29, 1.82) is 0 Å². The topological polar surface area (TPSA) is 103 Å². The number of carbonyl (C=O) groups is 1. The Labute approximate surface area is 113 Å². The molecule has 0 radical (unpaired) electrons. The molecule has 0 spiro atoms. The number of benzene rings is 1. The van der Waals surface area contributed by atoms with Gasteiger partial charge < -0.3 is 9.84 Å². The van der Waals surface area contributed by atoms with Crippen molar-refractivity contribution in [2.75, 3.05) is 0 Å². The molecule has 0 bridgehead atoms. The van der Waals surface area contributed by atoms with Crippen molar-refractivity contribution < 1.29 is 19.6 Å². The number of carboxylic acid groups (broad SMARTS) is 1. The highest BCUT2D eigenvalue weighted by Crippen LogP contribution is 2.29. The smallest absolute Gasteiger partial charge is 0.335 e. The van der Waals surface area contributed by atoms with Gasteiger partial charge >= 0.3 is 11.7 Å². The first-order valence-electron chi connectivity index (χ1n) is 5.60. The molecule has 102 valence electrons. The average molecular weight is 274 g/mol. The quantitative estimate of drug-likeness (QED) is 0.679. The Kier molecular flexibility index (Phi) is 3.60. The van der Waals surface area contributed by atoms with Gasteiger partial charge in [0.2, 0.25) is 0 Å². The number of ether oxygens (including phenoxy) is 1. The standard InChI is InChI=1S/C13H10N2O5/c1-8-2-7-11(15(18)19)12(14-8)20-10-5-3-9(4-6-10)13(16)17/h2-7H,1H3,(H,16,17). The van der Waals surface area contributed by atoms with E-state index in [9.17, 15) is 14.9 Å². The second kappa shape index (κ2) is 5.35. The normalized spacial score (nSPS) is 10.1. The molecule has 1 N–H and O–H groups in total. The van der Waals surface area contributed by atoms with Gasteiger partial charge in [0.05, 0.1) is 10.5 Å². The zero-order valence-corrected chi connectivity index (χ0v) is 10.4. The molecular formula is C13H10N2O5. The molecule has 7 heteroatoms. The number of aromatic nitrogens is 1. The molecule has 1 aromatic heterocycles. The van der Waals surface area contributed by atoms with Gasteiger partial charge in [-0.1, -0.05) is 0 Å². The van der Waals surface area contributed by atoms with Crippen LogP contribution in [0.4, 0.5) is 5.69 Å². The Hall–Kier alpha value is -2.96. The van der Waals surface area contributed by atoms with Gasteiger partial charge in [-0.05, 0) is 37.3 Å². The minimum atomic E-state index is -1.06. The molecule has 1 aromatic carbocycles. The monoisotopic (exact) mass is 274 g/mol. The number of aryl methyl sites for hydroxylation is 1.